The minimum Gasteiger partial charge on any atom is -0.444 e. The first-order chi connectivity index (χ1) is 12.1. The zero-order valence-electron chi connectivity index (χ0n) is 16.8. The molecule has 1 aromatic carbocycles. The normalized spacial score (nSPS) is 29.0. The number of amides is 1. The van der Waals surface area contributed by atoms with Gasteiger partial charge in [0.2, 0.25) is 0 Å². The molecule has 2 heterocycles. The first-order valence-corrected chi connectivity index (χ1v) is 9.94. The van der Waals surface area contributed by atoms with E-state index in [9.17, 15) is 9.90 Å². The zero-order valence-corrected chi connectivity index (χ0v) is 16.8. The van der Waals surface area contributed by atoms with Gasteiger partial charge in [0, 0.05) is 24.9 Å². The van der Waals surface area contributed by atoms with Gasteiger partial charge in [-0.1, -0.05) is 38.1 Å². The number of carbonyl (C=O) groups excluding carboxylic acids is 1. The number of carbonyl (C=O) groups is 1. The van der Waals surface area contributed by atoms with E-state index in [2.05, 4.69) is 26.0 Å². The lowest BCUT2D eigenvalue weighted by atomic mass is 9.71. The van der Waals surface area contributed by atoms with Gasteiger partial charge in [0.1, 0.15) is 5.60 Å². The molecule has 3 rings (SSSR count). The van der Waals surface area contributed by atoms with Crippen LogP contribution in [-0.2, 0) is 10.3 Å². The van der Waals surface area contributed by atoms with Crippen LogP contribution >= 0.6 is 0 Å². The zero-order chi connectivity index (χ0) is 19.1. The summed E-state index contributed by atoms with van der Waals surface area (Å²) in [5.74, 6) is 0.360. The van der Waals surface area contributed by atoms with Crippen molar-refractivity contribution in [1.29, 1.82) is 0 Å². The highest BCUT2D eigenvalue weighted by Crippen LogP contribution is 2.46. The maximum absolute atomic E-state index is 12.8. The monoisotopic (exact) mass is 359 g/mol. The second-order valence-corrected chi connectivity index (χ2v) is 9.31. The van der Waals surface area contributed by atoms with E-state index in [0.29, 0.717) is 18.8 Å². The Morgan fingerprint density at radius 2 is 1.77 bits per heavy atom. The number of fused-ring (bicyclic) bond motifs is 2. The molecule has 0 aliphatic carbocycles. The Labute approximate surface area is 157 Å². The molecule has 26 heavy (non-hydrogen) atoms. The number of ether oxygens (including phenoxy) is 1. The summed E-state index contributed by atoms with van der Waals surface area (Å²) >= 11 is 0. The maximum Gasteiger partial charge on any atom is 0.410 e. The summed E-state index contributed by atoms with van der Waals surface area (Å²) in [7, 11) is 0. The van der Waals surface area contributed by atoms with Crippen LogP contribution in [0.2, 0.25) is 0 Å². The predicted molar refractivity (Wildman–Crippen MR) is 103 cm³/mol. The van der Waals surface area contributed by atoms with Crippen LogP contribution < -0.4 is 0 Å². The minimum absolute atomic E-state index is 0.0440. The average molecular weight is 360 g/mol. The summed E-state index contributed by atoms with van der Waals surface area (Å²) in [6.45, 7) is 10.0. The summed E-state index contributed by atoms with van der Waals surface area (Å²) in [5, 5.41) is 11.6. The van der Waals surface area contributed by atoms with Crippen LogP contribution in [-0.4, -0.2) is 33.8 Å². The van der Waals surface area contributed by atoms with Crippen molar-refractivity contribution in [2.45, 2.75) is 95.9 Å². The van der Waals surface area contributed by atoms with Crippen LogP contribution in [0, 0.1) is 0 Å². The van der Waals surface area contributed by atoms with Crippen LogP contribution in [0.25, 0.3) is 0 Å². The summed E-state index contributed by atoms with van der Waals surface area (Å²) < 4.78 is 5.65. The van der Waals surface area contributed by atoms with Gasteiger partial charge in [0.05, 0.1) is 5.60 Å². The molecule has 2 fully saturated rings. The first kappa shape index (κ1) is 19.2. The average Bonchev–Trinajstić information content (AvgIpc) is 2.52. The maximum atomic E-state index is 12.8. The van der Waals surface area contributed by atoms with Crippen LogP contribution in [0.15, 0.2) is 24.3 Å². The highest BCUT2D eigenvalue weighted by molar-refractivity contribution is 5.69. The summed E-state index contributed by atoms with van der Waals surface area (Å²) in [6, 6.07) is 8.32. The molecule has 2 aliphatic rings. The molecule has 2 unspecified atom stereocenters. The molecule has 0 aromatic heterocycles. The molecule has 0 saturated carbocycles. The Bertz CT molecular complexity index is 648. The Hall–Kier alpha value is -1.55. The van der Waals surface area contributed by atoms with Gasteiger partial charge < -0.3 is 14.7 Å². The van der Waals surface area contributed by atoms with E-state index < -0.39 is 11.2 Å². The molecule has 0 spiro atoms. The van der Waals surface area contributed by atoms with Gasteiger partial charge in [-0.2, -0.15) is 0 Å². The summed E-state index contributed by atoms with van der Waals surface area (Å²) in [5.41, 5.74) is 0.882. The fourth-order valence-electron chi connectivity index (χ4n) is 4.69. The smallest absolute Gasteiger partial charge is 0.410 e. The number of piperidine rings is 2. The molecule has 2 atom stereocenters. The minimum atomic E-state index is -0.866. The first-order valence-electron chi connectivity index (χ1n) is 9.94. The van der Waals surface area contributed by atoms with E-state index in [1.54, 1.807) is 0 Å². The summed E-state index contributed by atoms with van der Waals surface area (Å²) in [4.78, 5) is 14.7. The van der Waals surface area contributed by atoms with Crippen molar-refractivity contribution in [3.05, 3.63) is 35.4 Å². The molecule has 1 N–H and O–H groups in total. The lowest BCUT2D eigenvalue weighted by Crippen LogP contribution is -2.59. The molecule has 144 valence electrons. The van der Waals surface area contributed by atoms with E-state index in [0.717, 1.165) is 24.8 Å². The molecular weight excluding hydrogens is 326 g/mol. The van der Waals surface area contributed by atoms with Crippen molar-refractivity contribution in [2.24, 2.45) is 0 Å². The van der Waals surface area contributed by atoms with E-state index in [-0.39, 0.29) is 18.2 Å². The number of hydrogen-bond acceptors (Lipinski definition) is 3. The molecule has 4 nitrogen and oxygen atoms in total. The van der Waals surface area contributed by atoms with E-state index >= 15 is 0 Å². The fourth-order valence-corrected chi connectivity index (χ4v) is 4.69. The number of rotatable bonds is 2. The third-order valence-corrected chi connectivity index (χ3v) is 5.70. The number of benzene rings is 1. The molecule has 1 aromatic rings. The van der Waals surface area contributed by atoms with Crippen LogP contribution in [0.1, 0.15) is 83.8 Å². The quantitative estimate of drug-likeness (QED) is 0.813. The Morgan fingerprint density at radius 1 is 1.19 bits per heavy atom. The largest absolute Gasteiger partial charge is 0.444 e. The van der Waals surface area contributed by atoms with Crippen molar-refractivity contribution in [3.63, 3.8) is 0 Å². The molecule has 2 aliphatic heterocycles. The van der Waals surface area contributed by atoms with Crippen molar-refractivity contribution in [1.82, 2.24) is 4.90 Å². The Kier molecular flexibility index (Phi) is 5.08. The molecule has 4 heteroatoms. The number of hydrogen-bond donors (Lipinski definition) is 1. The molecular formula is C22H33NO3. The van der Waals surface area contributed by atoms with Crippen molar-refractivity contribution >= 4 is 6.09 Å². The van der Waals surface area contributed by atoms with Gasteiger partial charge in [-0.05, 0) is 57.1 Å². The lowest BCUT2D eigenvalue weighted by molar-refractivity contribution is -0.0969. The SMILES string of the molecule is CC(C)c1ccccc1C1(O)CC2CCCC(C1)N2C(=O)OC(C)(C)C. The predicted octanol–water partition coefficient (Wildman–Crippen LogP) is 4.95. The number of nitrogens with zero attached hydrogens (tertiary/aromatic N) is 1. The lowest BCUT2D eigenvalue weighted by Gasteiger charge is -2.52. The van der Waals surface area contributed by atoms with Crippen LogP contribution in [0.3, 0.4) is 0 Å². The van der Waals surface area contributed by atoms with Gasteiger partial charge in [0.15, 0.2) is 0 Å². The van der Waals surface area contributed by atoms with Crippen molar-refractivity contribution in [2.75, 3.05) is 0 Å². The van der Waals surface area contributed by atoms with Crippen LogP contribution in [0.5, 0.6) is 0 Å². The molecule has 2 saturated heterocycles. The topological polar surface area (TPSA) is 49.8 Å². The third-order valence-electron chi connectivity index (χ3n) is 5.70. The van der Waals surface area contributed by atoms with E-state index in [4.69, 9.17) is 4.74 Å². The van der Waals surface area contributed by atoms with Crippen molar-refractivity contribution < 1.29 is 14.6 Å². The van der Waals surface area contributed by atoms with Gasteiger partial charge in [-0.25, -0.2) is 4.79 Å². The number of aliphatic hydroxyl groups is 1. The van der Waals surface area contributed by atoms with Gasteiger partial charge in [0.25, 0.3) is 0 Å². The van der Waals surface area contributed by atoms with Gasteiger partial charge in [-0.15, -0.1) is 0 Å². The molecule has 1 amide bonds. The Balaban J connectivity index is 1.89. The van der Waals surface area contributed by atoms with Crippen molar-refractivity contribution in [3.8, 4) is 0 Å². The van der Waals surface area contributed by atoms with E-state index in [1.807, 2.05) is 37.8 Å². The van der Waals surface area contributed by atoms with E-state index in [1.165, 1.54) is 5.56 Å². The summed E-state index contributed by atoms with van der Waals surface area (Å²) in [6.07, 6.45) is 3.92. The Morgan fingerprint density at radius 3 is 2.31 bits per heavy atom. The standard InChI is InChI=1S/C22H33NO3/c1-15(2)18-11-6-7-12-19(18)22(25)13-16-9-8-10-17(14-22)23(16)20(24)26-21(3,4)5/h6-7,11-12,15-17,25H,8-10,13-14H2,1-5H3. The van der Waals surface area contributed by atoms with Gasteiger partial charge >= 0.3 is 6.09 Å². The second-order valence-electron chi connectivity index (χ2n) is 9.31. The molecule has 2 bridgehead atoms. The van der Waals surface area contributed by atoms with Crippen LogP contribution in [0.4, 0.5) is 4.79 Å². The fraction of sp³-hybridized carbons (Fsp3) is 0.682. The third kappa shape index (κ3) is 3.75. The second kappa shape index (κ2) is 6.88. The highest BCUT2D eigenvalue weighted by atomic mass is 16.6. The van der Waals surface area contributed by atoms with Gasteiger partial charge in [-0.3, -0.25) is 0 Å². The highest BCUT2D eigenvalue weighted by Gasteiger charge is 2.49. The molecule has 0 radical (unpaired) electrons.